The molecule has 1 atom stereocenters. The van der Waals surface area contributed by atoms with E-state index in [1.165, 1.54) is 13.0 Å². The molecule has 0 heterocycles. The topological polar surface area (TPSA) is 52.3 Å². The molecular weight excluding hydrogens is 240 g/mol. The van der Waals surface area contributed by atoms with Gasteiger partial charge < -0.3 is 10.5 Å². The van der Waals surface area contributed by atoms with Gasteiger partial charge in [0, 0.05) is 0 Å². The summed E-state index contributed by atoms with van der Waals surface area (Å²) in [6.45, 7) is 4.90. The van der Waals surface area contributed by atoms with E-state index in [-0.39, 0.29) is 12.2 Å². The Bertz CT molecular complexity index is 447. The Hall–Kier alpha value is -1.49. The molecule has 3 nitrogen and oxygen atoms in total. The number of halogens is 2. The van der Waals surface area contributed by atoms with Crippen LogP contribution in [0.15, 0.2) is 18.2 Å². The molecule has 1 aromatic carbocycles. The Balaban J connectivity index is 3.05. The maximum atomic E-state index is 13.8. The van der Waals surface area contributed by atoms with Gasteiger partial charge in [0.05, 0.1) is 6.61 Å². The highest BCUT2D eigenvalue weighted by Gasteiger charge is 2.48. The van der Waals surface area contributed by atoms with E-state index in [0.717, 1.165) is 5.56 Å². The third kappa shape index (κ3) is 2.85. The molecule has 18 heavy (non-hydrogen) atoms. The Kier molecular flexibility index (Phi) is 4.40. The fourth-order valence-electron chi connectivity index (χ4n) is 1.72. The second-order valence-corrected chi connectivity index (χ2v) is 4.18. The van der Waals surface area contributed by atoms with E-state index in [4.69, 9.17) is 5.73 Å². The van der Waals surface area contributed by atoms with Crippen LogP contribution in [0, 0.1) is 13.8 Å². The molecule has 1 aromatic rings. The van der Waals surface area contributed by atoms with Gasteiger partial charge in [0.1, 0.15) is 6.04 Å². The summed E-state index contributed by atoms with van der Waals surface area (Å²) in [5.41, 5.74) is 7.33. The van der Waals surface area contributed by atoms with Gasteiger partial charge in [-0.05, 0) is 31.9 Å². The Labute approximate surface area is 105 Å². The van der Waals surface area contributed by atoms with Crippen LogP contribution in [0.5, 0.6) is 0 Å². The van der Waals surface area contributed by atoms with Crippen LogP contribution in [0.2, 0.25) is 0 Å². The van der Waals surface area contributed by atoms with Gasteiger partial charge in [-0.25, -0.2) is 4.79 Å². The van der Waals surface area contributed by atoms with Crippen LogP contribution in [0.4, 0.5) is 8.78 Å². The zero-order valence-electron chi connectivity index (χ0n) is 10.7. The fourth-order valence-corrected chi connectivity index (χ4v) is 1.72. The van der Waals surface area contributed by atoms with Crippen LogP contribution >= 0.6 is 0 Å². The molecule has 5 heteroatoms. The molecule has 0 saturated carbocycles. The van der Waals surface area contributed by atoms with Gasteiger partial charge in [0.15, 0.2) is 0 Å². The molecule has 0 aliphatic carbocycles. The van der Waals surface area contributed by atoms with Crippen molar-refractivity contribution in [3.63, 3.8) is 0 Å². The summed E-state index contributed by atoms with van der Waals surface area (Å²) in [4.78, 5) is 11.2. The number of ether oxygens (including phenoxy) is 1. The first-order valence-corrected chi connectivity index (χ1v) is 5.68. The van der Waals surface area contributed by atoms with E-state index in [0.29, 0.717) is 5.56 Å². The summed E-state index contributed by atoms with van der Waals surface area (Å²) in [5.74, 6) is -5.31. The van der Waals surface area contributed by atoms with Crippen molar-refractivity contribution < 1.29 is 18.3 Å². The molecule has 100 valence electrons. The van der Waals surface area contributed by atoms with Gasteiger partial charge in [-0.3, -0.25) is 0 Å². The number of rotatable bonds is 4. The zero-order valence-corrected chi connectivity index (χ0v) is 10.7. The van der Waals surface area contributed by atoms with Gasteiger partial charge in [-0.2, -0.15) is 8.78 Å². The highest BCUT2D eigenvalue weighted by molar-refractivity contribution is 5.79. The van der Waals surface area contributed by atoms with Gasteiger partial charge in [-0.1, -0.05) is 23.8 Å². The molecule has 0 spiro atoms. The quantitative estimate of drug-likeness (QED) is 0.843. The van der Waals surface area contributed by atoms with E-state index in [9.17, 15) is 13.6 Å². The number of hydrogen-bond acceptors (Lipinski definition) is 3. The first-order chi connectivity index (χ1) is 8.30. The molecule has 0 aliphatic heterocycles. The van der Waals surface area contributed by atoms with Crippen molar-refractivity contribution in [3.8, 4) is 0 Å². The molecular formula is C13H17F2NO2. The highest BCUT2D eigenvalue weighted by atomic mass is 19.3. The lowest BCUT2D eigenvalue weighted by molar-refractivity contribution is -0.174. The van der Waals surface area contributed by atoms with Gasteiger partial charge in [0.25, 0.3) is 0 Å². The molecule has 0 radical (unpaired) electrons. The second-order valence-electron chi connectivity index (χ2n) is 4.18. The maximum Gasteiger partial charge on any atom is 0.379 e. The zero-order chi connectivity index (χ0) is 13.9. The standard InChI is InChI=1S/C13H17F2NO2/c1-4-18-12(17)13(14,15)11(16)10-6-5-8(2)7-9(10)3/h5-7,11H,4,16H2,1-3H3/t11-/m1/s1. The number of aryl methyl sites for hydroxylation is 2. The normalized spacial score (nSPS) is 13.2. The lowest BCUT2D eigenvalue weighted by Crippen LogP contribution is -2.42. The Morgan fingerprint density at radius 2 is 2.06 bits per heavy atom. The van der Waals surface area contributed by atoms with E-state index in [1.54, 1.807) is 19.1 Å². The minimum atomic E-state index is -3.73. The molecule has 2 N–H and O–H groups in total. The molecule has 1 rings (SSSR count). The molecule has 0 bridgehead atoms. The minimum absolute atomic E-state index is 0.103. The van der Waals surface area contributed by atoms with Crippen molar-refractivity contribution >= 4 is 5.97 Å². The van der Waals surface area contributed by atoms with Crippen molar-refractivity contribution in [2.45, 2.75) is 32.7 Å². The Morgan fingerprint density at radius 1 is 1.44 bits per heavy atom. The third-order valence-corrected chi connectivity index (χ3v) is 2.70. The number of alkyl halides is 2. The van der Waals surface area contributed by atoms with E-state index in [1.807, 2.05) is 6.92 Å². The summed E-state index contributed by atoms with van der Waals surface area (Å²) >= 11 is 0. The van der Waals surface area contributed by atoms with Crippen molar-refractivity contribution in [1.82, 2.24) is 0 Å². The lowest BCUT2D eigenvalue weighted by atomic mass is 9.95. The molecule has 0 saturated heterocycles. The number of hydrogen-bond donors (Lipinski definition) is 1. The summed E-state index contributed by atoms with van der Waals surface area (Å²) in [7, 11) is 0. The van der Waals surface area contributed by atoms with Gasteiger partial charge in [-0.15, -0.1) is 0 Å². The van der Waals surface area contributed by atoms with Crippen molar-refractivity contribution in [3.05, 3.63) is 34.9 Å². The van der Waals surface area contributed by atoms with Crippen LogP contribution in [-0.2, 0) is 9.53 Å². The maximum absolute atomic E-state index is 13.8. The van der Waals surface area contributed by atoms with Gasteiger partial charge >= 0.3 is 11.9 Å². The largest absolute Gasteiger partial charge is 0.462 e. The summed E-state index contributed by atoms with van der Waals surface area (Å²) < 4.78 is 31.9. The average molecular weight is 257 g/mol. The van der Waals surface area contributed by atoms with Crippen LogP contribution < -0.4 is 5.73 Å². The smallest absolute Gasteiger partial charge is 0.379 e. The van der Waals surface area contributed by atoms with E-state index < -0.39 is 17.9 Å². The monoisotopic (exact) mass is 257 g/mol. The Morgan fingerprint density at radius 3 is 2.56 bits per heavy atom. The van der Waals surface area contributed by atoms with Crippen molar-refractivity contribution in [1.29, 1.82) is 0 Å². The number of esters is 1. The van der Waals surface area contributed by atoms with Crippen molar-refractivity contribution in [2.75, 3.05) is 6.61 Å². The fraction of sp³-hybridized carbons (Fsp3) is 0.462. The predicted molar refractivity (Wildman–Crippen MR) is 64.4 cm³/mol. The molecule has 0 aliphatic rings. The van der Waals surface area contributed by atoms with E-state index in [2.05, 4.69) is 4.74 Å². The summed E-state index contributed by atoms with van der Waals surface area (Å²) in [6.07, 6.45) is 0. The van der Waals surface area contributed by atoms with Gasteiger partial charge in [0.2, 0.25) is 0 Å². The SMILES string of the molecule is CCOC(=O)C(F)(F)[C@H](N)c1ccc(C)cc1C. The second kappa shape index (κ2) is 5.44. The molecule has 0 fully saturated rings. The van der Waals surface area contributed by atoms with Crippen LogP contribution in [0.25, 0.3) is 0 Å². The van der Waals surface area contributed by atoms with Crippen molar-refractivity contribution in [2.24, 2.45) is 5.73 Å². The van der Waals surface area contributed by atoms with Crippen LogP contribution in [-0.4, -0.2) is 18.5 Å². The molecule has 0 amide bonds. The first kappa shape index (κ1) is 14.6. The molecule has 0 aromatic heterocycles. The molecule has 0 unspecified atom stereocenters. The number of carbonyl (C=O) groups excluding carboxylic acids is 1. The highest BCUT2D eigenvalue weighted by Crippen LogP contribution is 2.32. The number of carbonyl (C=O) groups is 1. The van der Waals surface area contributed by atoms with Crippen LogP contribution in [0.3, 0.4) is 0 Å². The third-order valence-electron chi connectivity index (χ3n) is 2.70. The summed E-state index contributed by atoms with van der Waals surface area (Å²) in [6, 6.07) is 3.25. The first-order valence-electron chi connectivity index (χ1n) is 5.68. The number of benzene rings is 1. The van der Waals surface area contributed by atoms with Crippen LogP contribution in [0.1, 0.15) is 29.7 Å². The predicted octanol–water partition coefficient (Wildman–Crippen LogP) is 2.50. The number of nitrogens with two attached hydrogens (primary N) is 1. The lowest BCUT2D eigenvalue weighted by Gasteiger charge is -2.23. The summed E-state index contributed by atoms with van der Waals surface area (Å²) in [5, 5.41) is 0. The minimum Gasteiger partial charge on any atom is -0.462 e. The van der Waals surface area contributed by atoms with E-state index >= 15 is 0 Å². The average Bonchev–Trinajstić information content (AvgIpc) is 2.28.